The lowest BCUT2D eigenvalue weighted by molar-refractivity contribution is -0.175. The van der Waals surface area contributed by atoms with E-state index in [4.69, 9.17) is 4.74 Å². The quantitative estimate of drug-likeness (QED) is 0.583. The lowest BCUT2D eigenvalue weighted by Gasteiger charge is -2.38. The molecule has 4 fully saturated rings. The molecule has 0 amide bonds. The number of alkyl halides is 2. The molecule has 118 valence electrons. The Morgan fingerprint density at radius 2 is 1.76 bits per heavy atom. The number of ether oxygens (including phenoxy) is 1. The van der Waals surface area contributed by atoms with Crippen LogP contribution in [-0.4, -0.2) is 18.0 Å². The molecule has 21 heavy (non-hydrogen) atoms. The standard InChI is InChI=1S/C17H24F2O2/c1-8(17(2,18)19)21-16(20)13-7-11-6-12(13)15-10-4-3-9(5-10)14(11)15/h8-15H,3-7H2,1-2H3. The Bertz CT molecular complexity index is 458. The predicted molar refractivity (Wildman–Crippen MR) is 73.7 cm³/mol. The fraction of sp³-hybridized carbons (Fsp3) is 0.941. The molecule has 0 aromatic heterocycles. The van der Waals surface area contributed by atoms with Crippen LogP contribution in [0, 0.1) is 41.4 Å². The fourth-order valence-electron chi connectivity index (χ4n) is 6.20. The van der Waals surface area contributed by atoms with Gasteiger partial charge in [-0.2, -0.15) is 0 Å². The normalized spacial score (nSPS) is 48.5. The highest BCUT2D eigenvalue weighted by Crippen LogP contribution is 2.68. The van der Waals surface area contributed by atoms with E-state index < -0.39 is 12.0 Å². The average Bonchev–Trinajstić information content (AvgIpc) is 3.15. The van der Waals surface area contributed by atoms with Gasteiger partial charge in [-0.3, -0.25) is 4.79 Å². The van der Waals surface area contributed by atoms with Crippen molar-refractivity contribution >= 4 is 5.97 Å². The largest absolute Gasteiger partial charge is 0.456 e. The minimum absolute atomic E-state index is 0.111. The highest BCUT2D eigenvalue weighted by atomic mass is 19.3. The molecule has 4 rings (SSSR count). The predicted octanol–water partition coefficient (Wildman–Crippen LogP) is 3.89. The number of fused-ring (bicyclic) bond motifs is 9. The first-order chi connectivity index (χ1) is 9.86. The maximum atomic E-state index is 13.2. The summed E-state index contributed by atoms with van der Waals surface area (Å²) in [5.41, 5.74) is 0. The van der Waals surface area contributed by atoms with Crippen LogP contribution in [0.3, 0.4) is 0 Å². The van der Waals surface area contributed by atoms with Gasteiger partial charge in [-0.15, -0.1) is 0 Å². The summed E-state index contributed by atoms with van der Waals surface area (Å²) in [6.07, 6.45) is 4.76. The Hall–Kier alpha value is -0.670. The number of hydrogen-bond acceptors (Lipinski definition) is 2. The van der Waals surface area contributed by atoms with Crippen molar-refractivity contribution in [3.8, 4) is 0 Å². The topological polar surface area (TPSA) is 26.3 Å². The number of carbonyl (C=O) groups excluding carboxylic acids is 1. The van der Waals surface area contributed by atoms with Gasteiger partial charge in [0.2, 0.25) is 0 Å². The second kappa shape index (κ2) is 4.42. The Morgan fingerprint density at radius 3 is 2.43 bits per heavy atom. The van der Waals surface area contributed by atoms with Crippen molar-refractivity contribution in [3.05, 3.63) is 0 Å². The van der Waals surface area contributed by atoms with Crippen molar-refractivity contribution in [2.75, 3.05) is 0 Å². The molecule has 0 aromatic carbocycles. The van der Waals surface area contributed by atoms with Crippen LogP contribution in [0.5, 0.6) is 0 Å². The second-order valence-electron chi connectivity index (χ2n) is 8.03. The van der Waals surface area contributed by atoms with E-state index in [2.05, 4.69) is 0 Å². The smallest absolute Gasteiger partial charge is 0.309 e. The summed E-state index contributed by atoms with van der Waals surface area (Å²) in [7, 11) is 0. The van der Waals surface area contributed by atoms with E-state index in [9.17, 15) is 13.6 Å². The fourth-order valence-corrected chi connectivity index (χ4v) is 6.20. The zero-order chi connectivity index (χ0) is 14.9. The number of carbonyl (C=O) groups is 1. The van der Waals surface area contributed by atoms with Crippen molar-refractivity contribution in [2.45, 2.75) is 58.0 Å². The van der Waals surface area contributed by atoms with E-state index in [0.717, 1.165) is 37.5 Å². The van der Waals surface area contributed by atoms with Crippen molar-refractivity contribution in [1.82, 2.24) is 0 Å². The molecule has 0 saturated heterocycles. The van der Waals surface area contributed by atoms with Crippen molar-refractivity contribution < 1.29 is 18.3 Å². The minimum Gasteiger partial charge on any atom is -0.456 e. The molecule has 4 bridgehead atoms. The van der Waals surface area contributed by atoms with Crippen LogP contribution >= 0.6 is 0 Å². The average molecular weight is 298 g/mol. The third-order valence-corrected chi connectivity index (χ3v) is 7.04. The molecule has 4 aliphatic rings. The molecule has 0 aromatic rings. The molecule has 4 saturated carbocycles. The highest BCUT2D eigenvalue weighted by Gasteiger charge is 2.63. The molecule has 8 unspecified atom stereocenters. The number of hydrogen-bond donors (Lipinski definition) is 0. The first-order valence-corrected chi connectivity index (χ1v) is 8.44. The summed E-state index contributed by atoms with van der Waals surface area (Å²) in [6.45, 7) is 2.11. The molecule has 0 heterocycles. The Balaban J connectivity index is 1.46. The van der Waals surface area contributed by atoms with Gasteiger partial charge in [-0.25, -0.2) is 8.78 Å². The van der Waals surface area contributed by atoms with Crippen LogP contribution in [-0.2, 0) is 9.53 Å². The number of rotatable bonds is 3. The van der Waals surface area contributed by atoms with Crippen molar-refractivity contribution in [2.24, 2.45) is 41.4 Å². The molecular formula is C17H24F2O2. The molecule has 4 heteroatoms. The van der Waals surface area contributed by atoms with Gasteiger partial charge in [0.1, 0.15) is 0 Å². The summed E-state index contributed by atoms with van der Waals surface area (Å²) in [5.74, 6) is 0.869. The Kier molecular flexibility index (Phi) is 2.94. The molecule has 0 radical (unpaired) electrons. The van der Waals surface area contributed by atoms with Gasteiger partial charge in [0.05, 0.1) is 5.92 Å². The molecule has 0 N–H and O–H groups in total. The van der Waals surface area contributed by atoms with Gasteiger partial charge in [0, 0.05) is 6.92 Å². The van der Waals surface area contributed by atoms with Gasteiger partial charge >= 0.3 is 5.97 Å². The zero-order valence-corrected chi connectivity index (χ0v) is 12.7. The van der Waals surface area contributed by atoms with Crippen LogP contribution in [0.4, 0.5) is 8.78 Å². The van der Waals surface area contributed by atoms with Crippen molar-refractivity contribution in [1.29, 1.82) is 0 Å². The van der Waals surface area contributed by atoms with Gasteiger partial charge in [-0.05, 0) is 74.5 Å². The molecule has 0 aliphatic heterocycles. The van der Waals surface area contributed by atoms with E-state index in [0.29, 0.717) is 17.8 Å². The van der Waals surface area contributed by atoms with Crippen LogP contribution in [0.1, 0.15) is 46.0 Å². The van der Waals surface area contributed by atoms with E-state index in [-0.39, 0.29) is 11.9 Å². The first-order valence-electron chi connectivity index (χ1n) is 8.44. The van der Waals surface area contributed by atoms with E-state index in [1.807, 2.05) is 0 Å². The van der Waals surface area contributed by atoms with Crippen LogP contribution in [0.25, 0.3) is 0 Å². The summed E-state index contributed by atoms with van der Waals surface area (Å²) in [4.78, 5) is 12.3. The molecule has 4 aliphatic carbocycles. The van der Waals surface area contributed by atoms with E-state index in [1.54, 1.807) is 0 Å². The SMILES string of the molecule is CC(OC(=O)C1CC2CC1C1C3CCC(C3)C21)C(C)(F)F. The van der Waals surface area contributed by atoms with Crippen LogP contribution in [0.15, 0.2) is 0 Å². The molecule has 2 nitrogen and oxygen atoms in total. The monoisotopic (exact) mass is 298 g/mol. The van der Waals surface area contributed by atoms with E-state index in [1.165, 1.54) is 26.2 Å². The highest BCUT2D eigenvalue weighted by molar-refractivity contribution is 5.74. The summed E-state index contributed by atoms with van der Waals surface area (Å²) < 4.78 is 31.5. The van der Waals surface area contributed by atoms with Gasteiger partial charge in [-0.1, -0.05) is 0 Å². The van der Waals surface area contributed by atoms with Crippen molar-refractivity contribution in [3.63, 3.8) is 0 Å². The Labute approximate surface area is 124 Å². The van der Waals surface area contributed by atoms with Crippen LogP contribution in [0.2, 0.25) is 0 Å². The van der Waals surface area contributed by atoms with E-state index >= 15 is 0 Å². The number of esters is 1. The molecule has 8 atom stereocenters. The molecular weight excluding hydrogens is 274 g/mol. The summed E-state index contributed by atoms with van der Waals surface area (Å²) >= 11 is 0. The van der Waals surface area contributed by atoms with Gasteiger partial charge in [0.25, 0.3) is 5.92 Å². The minimum atomic E-state index is -2.96. The lowest BCUT2D eigenvalue weighted by Crippen LogP contribution is -2.39. The van der Waals surface area contributed by atoms with Crippen LogP contribution < -0.4 is 0 Å². The zero-order valence-electron chi connectivity index (χ0n) is 12.7. The third-order valence-electron chi connectivity index (χ3n) is 7.04. The summed E-state index contributed by atoms with van der Waals surface area (Å²) in [6, 6.07) is 0. The third kappa shape index (κ3) is 1.97. The second-order valence-corrected chi connectivity index (χ2v) is 8.03. The maximum Gasteiger partial charge on any atom is 0.309 e. The molecule has 0 spiro atoms. The van der Waals surface area contributed by atoms with Gasteiger partial charge in [0.15, 0.2) is 6.10 Å². The maximum absolute atomic E-state index is 13.2. The number of halogens is 2. The Morgan fingerprint density at radius 1 is 1.10 bits per heavy atom. The summed E-state index contributed by atoms with van der Waals surface area (Å²) in [5, 5.41) is 0. The van der Waals surface area contributed by atoms with Gasteiger partial charge < -0.3 is 4.74 Å². The lowest BCUT2D eigenvalue weighted by atomic mass is 9.67. The first kappa shape index (κ1) is 14.0.